The van der Waals surface area contributed by atoms with Crippen molar-refractivity contribution >= 4 is 11.8 Å². The number of aromatic nitrogens is 2. The predicted octanol–water partition coefficient (Wildman–Crippen LogP) is 2.53. The van der Waals surface area contributed by atoms with Gasteiger partial charge in [-0.25, -0.2) is 9.97 Å². The number of nitrogens with zero attached hydrogens (tertiary/aromatic N) is 3. The molecule has 0 radical (unpaired) electrons. The van der Waals surface area contributed by atoms with Crippen LogP contribution in [0.4, 0.5) is 5.82 Å². The van der Waals surface area contributed by atoms with Crippen molar-refractivity contribution in [1.29, 1.82) is 0 Å². The van der Waals surface area contributed by atoms with Gasteiger partial charge >= 0.3 is 5.97 Å². The summed E-state index contributed by atoms with van der Waals surface area (Å²) < 4.78 is 4.87. The minimum Gasteiger partial charge on any atom is -0.469 e. The zero-order chi connectivity index (χ0) is 15.4. The van der Waals surface area contributed by atoms with Gasteiger partial charge in [-0.3, -0.25) is 4.79 Å². The van der Waals surface area contributed by atoms with Crippen molar-refractivity contribution in [1.82, 2.24) is 9.97 Å². The van der Waals surface area contributed by atoms with E-state index >= 15 is 0 Å². The first kappa shape index (κ1) is 14.5. The number of piperidine rings is 1. The van der Waals surface area contributed by atoms with Gasteiger partial charge in [0.25, 0.3) is 0 Å². The lowest BCUT2D eigenvalue weighted by atomic mass is 9.98. The largest absolute Gasteiger partial charge is 0.469 e. The number of benzene rings is 1. The quantitative estimate of drug-likeness (QED) is 0.815. The van der Waals surface area contributed by atoms with E-state index in [0.29, 0.717) is 6.54 Å². The molecule has 1 unspecified atom stereocenters. The summed E-state index contributed by atoms with van der Waals surface area (Å²) in [4.78, 5) is 22.6. The van der Waals surface area contributed by atoms with Gasteiger partial charge in [-0.1, -0.05) is 30.3 Å². The number of esters is 1. The summed E-state index contributed by atoms with van der Waals surface area (Å²) in [6.07, 6.45) is 3.42. The van der Waals surface area contributed by atoms with Gasteiger partial charge in [-0.15, -0.1) is 0 Å². The average molecular weight is 297 g/mol. The van der Waals surface area contributed by atoms with E-state index in [1.165, 1.54) is 7.11 Å². The van der Waals surface area contributed by atoms with Crippen LogP contribution in [0.15, 0.2) is 42.7 Å². The highest BCUT2D eigenvalue weighted by Gasteiger charge is 2.27. The molecule has 0 aliphatic carbocycles. The first-order valence-corrected chi connectivity index (χ1v) is 7.48. The third-order valence-corrected chi connectivity index (χ3v) is 4.00. The van der Waals surface area contributed by atoms with Crippen LogP contribution in [-0.2, 0) is 9.53 Å². The van der Waals surface area contributed by atoms with Crippen LogP contribution in [0.1, 0.15) is 12.8 Å². The molecule has 1 aromatic heterocycles. The zero-order valence-electron chi connectivity index (χ0n) is 12.6. The van der Waals surface area contributed by atoms with Gasteiger partial charge in [-0.05, 0) is 12.8 Å². The molecule has 1 aromatic carbocycles. The summed E-state index contributed by atoms with van der Waals surface area (Å²) in [6.45, 7) is 1.55. The van der Waals surface area contributed by atoms with Gasteiger partial charge in [0.05, 0.1) is 18.7 Å². The maximum Gasteiger partial charge on any atom is 0.310 e. The molecule has 1 saturated heterocycles. The SMILES string of the molecule is COC(=O)C1CCCN(c2cc(-c3ccccc3)ncn2)C1. The molecule has 114 valence electrons. The molecule has 1 aliphatic rings. The number of rotatable bonds is 3. The normalized spacial score (nSPS) is 18.0. The molecule has 1 fully saturated rings. The second-order valence-electron chi connectivity index (χ2n) is 5.44. The highest BCUT2D eigenvalue weighted by atomic mass is 16.5. The van der Waals surface area contributed by atoms with E-state index in [1.54, 1.807) is 6.33 Å². The molecule has 1 atom stereocenters. The smallest absolute Gasteiger partial charge is 0.310 e. The number of carbonyl (C=O) groups excluding carboxylic acids is 1. The minimum atomic E-state index is -0.137. The van der Waals surface area contributed by atoms with E-state index in [4.69, 9.17) is 4.74 Å². The molecule has 0 saturated carbocycles. The molecule has 1 aliphatic heterocycles. The molecule has 0 N–H and O–H groups in total. The van der Waals surface area contributed by atoms with E-state index < -0.39 is 0 Å². The zero-order valence-corrected chi connectivity index (χ0v) is 12.6. The number of methoxy groups -OCH3 is 1. The van der Waals surface area contributed by atoms with Crippen molar-refractivity contribution in [3.8, 4) is 11.3 Å². The summed E-state index contributed by atoms with van der Waals surface area (Å²) in [6, 6.07) is 12.0. The Labute approximate surface area is 130 Å². The minimum absolute atomic E-state index is 0.0751. The van der Waals surface area contributed by atoms with Crippen LogP contribution in [0.25, 0.3) is 11.3 Å². The fourth-order valence-electron chi connectivity index (χ4n) is 2.83. The van der Waals surface area contributed by atoms with Crippen molar-refractivity contribution in [3.63, 3.8) is 0 Å². The molecule has 0 bridgehead atoms. The van der Waals surface area contributed by atoms with E-state index in [9.17, 15) is 4.79 Å². The number of ether oxygens (including phenoxy) is 1. The first-order chi connectivity index (χ1) is 10.8. The monoisotopic (exact) mass is 297 g/mol. The molecular formula is C17H19N3O2. The summed E-state index contributed by atoms with van der Waals surface area (Å²) in [5.74, 6) is 0.651. The predicted molar refractivity (Wildman–Crippen MR) is 84.4 cm³/mol. The fraction of sp³-hybridized carbons (Fsp3) is 0.353. The molecular weight excluding hydrogens is 278 g/mol. The Bertz CT molecular complexity index is 645. The average Bonchev–Trinajstić information content (AvgIpc) is 2.62. The maximum atomic E-state index is 11.8. The Balaban J connectivity index is 1.81. The summed E-state index contributed by atoms with van der Waals surface area (Å²) in [5.41, 5.74) is 1.96. The van der Waals surface area contributed by atoms with Gasteiger partial charge < -0.3 is 9.64 Å². The topological polar surface area (TPSA) is 55.3 Å². The summed E-state index contributed by atoms with van der Waals surface area (Å²) in [7, 11) is 1.44. The molecule has 0 amide bonds. The number of hydrogen-bond donors (Lipinski definition) is 0. The lowest BCUT2D eigenvalue weighted by molar-refractivity contribution is -0.145. The molecule has 0 spiro atoms. The van der Waals surface area contributed by atoms with Crippen LogP contribution in [0.5, 0.6) is 0 Å². The third kappa shape index (κ3) is 3.08. The van der Waals surface area contributed by atoms with Crippen molar-refractivity contribution in [2.24, 2.45) is 5.92 Å². The molecule has 22 heavy (non-hydrogen) atoms. The molecule has 2 aromatic rings. The lowest BCUT2D eigenvalue weighted by Crippen LogP contribution is -2.39. The Kier molecular flexibility index (Phi) is 4.32. The highest BCUT2D eigenvalue weighted by molar-refractivity contribution is 5.73. The fourth-order valence-corrected chi connectivity index (χ4v) is 2.83. The Hall–Kier alpha value is -2.43. The molecule has 5 nitrogen and oxygen atoms in total. The number of carbonyl (C=O) groups is 1. The second-order valence-corrected chi connectivity index (χ2v) is 5.44. The molecule has 3 rings (SSSR count). The lowest BCUT2D eigenvalue weighted by Gasteiger charge is -2.32. The van der Waals surface area contributed by atoms with Crippen molar-refractivity contribution < 1.29 is 9.53 Å². The van der Waals surface area contributed by atoms with Crippen molar-refractivity contribution in [3.05, 3.63) is 42.7 Å². The first-order valence-electron chi connectivity index (χ1n) is 7.48. The van der Waals surface area contributed by atoms with Gasteiger partial charge in [-0.2, -0.15) is 0 Å². The van der Waals surface area contributed by atoms with Gasteiger partial charge in [0, 0.05) is 24.7 Å². The van der Waals surface area contributed by atoms with E-state index in [0.717, 1.165) is 36.5 Å². The Morgan fingerprint density at radius 1 is 1.27 bits per heavy atom. The molecule has 5 heteroatoms. The van der Waals surface area contributed by atoms with Crippen LogP contribution < -0.4 is 4.90 Å². The molecule has 2 heterocycles. The van der Waals surface area contributed by atoms with Gasteiger partial charge in [0.1, 0.15) is 12.1 Å². The van der Waals surface area contributed by atoms with Gasteiger partial charge in [0.2, 0.25) is 0 Å². The Morgan fingerprint density at radius 2 is 2.09 bits per heavy atom. The maximum absolute atomic E-state index is 11.8. The highest BCUT2D eigenvalue weighted by Crippen LogP contribution is 2.25. The second kappa shape index (κ2) is 6.56. The van der Waals surface area contributed by atoms with Crippen LogP contribution in [0.2, 0.25) is 0 Å². The van der Waals surface area contributed by atoms with Crippen LogP contribution in [0, 0.1) is 5.92 Å². The summed E-state index contributed by atoms with van der Waals surface area (Å²) in [5, 5.41) is 0. The van der Waals surface area contributed by atoms with E-state index in [-0.39, 0.29) is 11.9 Å². The number of hydrogen-bond acceptors (Lipinski definition) is 5. The van der Waals surface area contributed by atoms with E-state index in [2.05, 4.69) is 14.9 Å². The van der Waals surface area contributed by atoms with Crippen molar-refractivity contribution in [2.75, 3.05) is 25.1 Å². The Morgan fingerprint density at radius 3 is 2.86 bits per heavy atom. The van der Waals surface area contributed by atoms with E-state index in [1.807, 2.05) is 36.4 Å². The van der Waals surface area contributed by atoms with Crippen LogP contribution in [-0.4, -0.2) is 36.1 Å². The van der Waals surface area contributed by atoms with Gasteiger partial charge in [0.15, 0.2) is 0 Å². The van der Waals surface area contributed by atoms with Crippen LogP contribution >= 0.6 is 0 Å². The van der Waals surface area contributed by atoms with Crippen molar-refractivity contribution in [2.45, 2.75) is 12.8 Å². The standard InChI is InChI=1S/C17H19N3O2/c1-22-17(21)14-8-5-9-20(11-14)16-10-15(18-12-19-16)13-6-3-2-4-7-13/h2-4,6-7,10,12,14H,5,8-9,11H2,1H3. The summed E-state index contributed by atoms with van der Waals surface area (Å²) >= 11 is 0. The number of anilines is 1. The van der Waals surface area contributed by atoms with Crippen LogP contribution in [0.3, 0.4) is 0 Å². The third-order valence-electron chi connectivity index (χ3n) is 4.00.